The standard InChI is InChI=1S/C16H18FN3O2S2/c1-10(2)18-14(21)7-13-8-23-16(20-13)24-9-15(22)19-12-5-3-11(17)4-6-12/h3-6,8,10H,7,9H2,1-2H3,(H,18,21)(H,19,22). The van der Waals surface area contributed by atoms with Crippen LogP contribution in [0.1, 0.15) is 19.5 Å². The van der Waals surface area contributed by atoms with E-state index in [9.17, 15) is 14.0 Å². The lowest BCUT2D eigenvalue weighted by Gasteiger charge is -2.06. The lowest BCUT2D eigenvalue weighted by atomic mass is 10.3. The smallest absolute Gasteiger partial charge is 0.234 e. The Morgan fingerprint density at radius 1 is 1.25 bits per heavy atom. The van der Waals surface area contributed by atoms with Crippen LogP contribution in [0.3, 0.4) is 0 Å². The van der Waals surface area contributed by atoms with E-state index in [1.807, 2.05) is 19.2 Å². The molecule has 0 bridgehead atoms. The van der Waals surface area contributed by atoms with Gasteiger partial charge < -0.3 is 10.6 Å². The van der Waals surface area contributed by atoms with Crippen LogP contribution in [0, 0.1) is 5.82 Å². The summed E-state index contributed by atoms with van der Waals surface area (Å²) in [5.41, 5.74) is 1.24. The molecule has 2 amide bonds. The van der Waals surface area contributed by atoms with Crippen LogP contribution in [-0.2, 0) is 16.0 Å². The SMILES string of the molecule is CC(C)NC(=O)Cc1csc(SCC(=O)Nc2ccc(F)cc2)n1. The second-order valence-electron chi connectivity index (χ2n) is 5.35. The Bertz CT molecular complexity index is 702. The van der Waals surface area contributed by atoms with Gasteiger partial charge in [0.25, 0.3) is 0 Å². The van der Waals surface area contributed by atoms with Crippen molar-refractivity contribution in [2.24, 2.45) is 0 Å². The predicted octanol–water partition coefficient (Wildman–Crippen LogP) is 3.08. The zero-order chi connectivity index (χ0) is 17.5. The molecular weight excluding hydrogens is 349 g/mol. The van der Waals surface area contributed by atoms with E-state index in [2.05, 4.69) is 15.6 Å². The fraction of sp³-hybridized carbons (Fsp3) is 0.312. The molecule has 0 atom stereocenters. The van der Waals surface area contributed by atoms with E-state index >= 15 is 0 Å². The summed E-state index contributed by atoms with van der Waals surface area (Å²) in [6.07, 6.45) is 0.233. The summed E-state index contributed by atoms with van der Waals surface area (Å²) >= 11 is 2.71. The molecule has 1 heterocycles. The number of aromatic nitrogens is 1. The van der Waals surface area contributed by atoms with Gasteiger partial charge in [0, 0.05) is 17.1 Å². The van der Waals surface area contributed by atoms with E-state index in [0.717, 1.165) is 4.34 Å². The monoisotopic (exact) mass is 367 g/mol. The molecule has 0 unspecified atom stereocenters. The first-order valence-electron chi connectivity index (χ1n) is 7.34. The van der Waals surface area contributed by atoms with Gasteiger partial charge in [-0.1, -0.05) is 11.8 Å². The van der Waals surface area contributed by atoms with Crippen LogP contribution in [0.2, 0.25) is 0 Å². The number of benzene rings is 1. The van der Waals surface area contributed by atoms with Crippen molar-refractivity contribution in [1.29, 1.82) is 0 Å². The molecular formula is C16H18FN3O2S2. The molecule has 24 heavy (non-hydrogen) atoms. The number of nitrogens with zero attached hydrogens (tertiary/aromatic N) is 1. The third-order valence-electron chi connectivity index (χ3n) is 2.78. The Labute approximate surface area is 148 Å². The molecule has 2 aromatic rings. The van der Waals surface area contributed by atoms with E-state index in [-0.39, 0.29) is 35.8 Å². The molecule has 1 aromatic carbocycles. The first-order chi connectivity index (χ1) is 11.4. The van der Waals surface area contributed by atoms with Gasteiger partial charge in [-0.3, -0.25) is 9.59 Å². The summed E-state index contributed by atoms with van der Waals surface area (Å²) in [6.45, 7) is 3.81. The Kier molecular flexibility index (Phi) is 6.74. The number of amides is 2. The highest BCUT2D eigenvalue weighted by molar-refractivity contribution is 8.01. The average Bonchev–Trinajstić information content (AvgIpc) is 2.94. The number of nitrogens with one attached hydrogen (secondary N) is 2. The summed E-state index contributed by atoms with van der Waals surface area (Å²) in [5.74, 6) is -0.413. The van der Waals surface area contributed by atoms with Crippen LogP contribution in [0.15, 0.2) is 34.0 Å². The van der Waals surface area contributed by atoms with Gasteiger partial charge in [0.05, 0.1) is 17.9 Å². The highest BCUT2D eigenvalue weighted by Crippen LogP contribution is 2.23. The quantitative estimate of drug-likeness (QED) is 0.738. The largest absolute Gasteiger partial charge is 0.354 e. The topological polar surface area (TPSA) is 71.1 Å². The Morgan fingerprint density at radius 2 is 1.96 bits per heavy atom. The third kappa shape index (κ3) is 6.29. The van der Waals surface area contributed by atoms with Gasteiger partial charge in [-0.15, -0.1) is 11.3 Å². The molecule has 2 N–H and O–H groups in total. The summed E-state index contributed by atoms with van der Waals surface area (Å²) < 4.78 is 13.5. The Hall–Kier alpha value is -1.93. The fourth-order valence-electron chi connectivity index (χ4n) is 1.83. The van der Waals surface area contributed by atoms with E-state index in [1.165, 1.54) is 47.4 Å². The van der Waals surface area contributed by atoms with Crippen LogP contribution in [0.5, 0.6) is 0 Å². The molecule has 0 aliphatic heterocycles. The van der Waals surface area contributed by atoms with Crippen LogP contribution in [-0.4, -0.2) is 28.6 Å². The van der Waals surface area contributed by atoms with Crippen molar-refractivity contribution in [2.75, 3.05) is 11.1 Å². The average molecular weight is 367 g/mol. The van der Waals surface area contributed by atoms with Gasteiger partial charge in [0.15, 0.2) is 4.34 Å². The van der Waals surface area contributed by atoms with Crippen molar-refractivity contribution in [1.82, 2.24) is 10.3 Å². The number of thiazole rings is 1. The second kappa shape index (κ2) is 8.79. The minimum atomic E-state index is -0.348. The summed E-state index contributed by atoms with van der Waals surface area (Å²) in [7, 11) is 0. The van der Waals surface area contributed by atoms with Crippen molar-refractivity contribution < 1.29 is 14.0 Å². The number of carbonyl (C=O) groups is 2. The Morgan fingerprint density at radius 3 is 2.62 bits per heavy atom. The Balaban J connectivity index is 1.79. The number of anilines is 1. The maximum atomic E-state index is 12.8. The van der Waals surface area contributed by atoms with E-state index < -0.39 is 0 Å². The minimum Gasteiger partial charge on any atom is -0.354 e. The molecule has 0 aliphatic rings. The first-order valence-corrected chi connectivity index (χ1v) is 9.21. The second-order valence-corrected chi connectivity index (χ2v) is 7.43. The number of hydrogen-bond acceptors (Lipinski definition) is 5. The molecule has 0 fully saturated rings. The minimum absolute atomic E-state index is 0.0686. The van der Waals surface area contributed by atoms with Crippen molar-refractivity contribution in [2.45, 2.75) is 30.6 Å². The van der Waals surface area contributed by atoms with Crippen LogP contribution >= 0.6 is 23.1 Å². The fourth-order valence-corrected chi connectivity index (χ4v) is 3.48. The maximum absolute atomic E-state index is 12.8. The molecule has 5 nitrogen and oxygen atoms in total. The van der Waals surface area contributed by atoms with E-state index in [1.54, 1.807) is 0 Å². The van der Waals surface area contributed by atoms with Gasteiger partial charge >= 0.3 is 0 Å². The molecule has 0 radical (unpaired) electrons. The van der Waals surface area contributed by atoms with Crippen molar-refractivity contribution >= 4 is 40.6 Å². The van der Waals surface area contributed by atoms with Crippen molar-refractivity contribution in [3.05, 3.63) is 41.2 Å². The highest BCUT2D eigenvalue weighted by atomic mass is 32.2. The highest BCUT2D eigenvalue weighted by Gasteiger charge is 2.10. The van der Waals surface area contributed by atoms with Gasteiger partial charge in [-0.25, -0.2) is 9.37 Å². The lowest BCUT2D eigenvalue weighted by Crippen LogP contribution is -2.31. The van der Waals surface area contributed by atoms with Crippen molar-refractivity contribution in [3.63, 3.8) is 0 Å². The zero-order valence-corrected chi connectivity index (χ0v) is 15.0. The number of hydrogen-bond donors (Lipinski definition) is 2. The molecule has 128 valence electrons. The molecule has 2 rings (SSSR count). The van der Waals surface area contributed by atoms with Gasteiger partial charge in [-0.2, -0.15) is 0 Å². The normalized spacial score (nSPS) is 10.7. The van der Waals surface area contributed by atoms with E-state index in [0.29, 0.717) is 11.4 Å². The summed E-state index contributed by atoms with van der Waals surface area (Å²) in [6, 6.07) is 5.69. The zero-order valence-electron chi connectivity index (χ0n) is 13.3. The number of halogens is 1. The van der Waals surface area contributed by atoms with Crippen molar-refractivity contribution in [3.8, 4) is 0 Å². The number of rotatable bonds is 7. The molecule has 1 aromatic heterocycles. The van der Waals surface area contributed by atoms with E-state index in [4.69, 9.17) is 0 Å². The van der Waals surface area contributed by atoms with Gasteiger partial charge in [0.2, 0.25) is 11.8 Å². The molecule has 0 saturated carbocycles. The predicted molar refractivity (Wildman–Crippen MR) is 94.9 cm³/mol. The number of thioether (sulfide) groups is 1. The van der Waals surface area contributed by atoms with Crippen LogP contribution in [0.4, 0.5) is 10.1 Å². The van der Waals surface area contributed by atoms with Gasteiger partial charge in [-0.05, 0) is 38.1 Å². The molecule has 8 heteroatoms. The number of carbonyl (C=O) groups excluding carboxylic acids is 2. The molecule has 0 aliphatic carbocycles. The first kappa shape index (κ1) is 18.4. The van der Waals surface area contributed by atoms with Gasteiger partial charge in [0.1, 0.15) is 5.82 Å². The summed E-state index contributed by atoms with van der Waals surface area (Å²) in [5, 5.41) is 7.32. The molecule has 0 saturated heterocycles. The maximum Gasteiger partial charge on any atom is 0.234 e. The summed E-state index contributed by atoms with van der Waals surface area (Å²) in [4.78, 5) is 27.9. The molecule has 0 spiro atoms. The lowest BCUT2D eigenvalue weighted by molar-refractivity contribution is -0.121. The third-order valence-corrected chi connectivity index (χ3v) is 4.85. The van der Waals surface area contributed by atoms with Crippen LogP contribution < -0.4 is 10.6 Å². The van der Waals surface area contributed by atoms with Crippen LogP contribution in [0.25, 0.3) is 0 Å².